The summed E-state index contributed by atoms with van der Waals surface area (Å²) in [6.07, 6.45) is 12.3. The molecule has 2 fully saturated rings. The molecule has 2 amide bonds. The van der Waals surface area contributed by atoms with Gasteiger partial charge >= 0.3 is 6.18 Å². The van der Waals surface area contributed by atoms with Gasteiger partial charge in [-0.2, -0.15) is 13.2 Å². The molecule has 12 rings (SSSR count). The minimum atomic E-state index is -4.90. The summed E-state index contributed by atoms with van der Waals surface area (Å²) in [7, 11) is 0. The van der Waals surface area contributed by atoms with Crippen LogP contribution in [-0.2, 0) is 19.0 Å². The van der Waals surface area contributed by atoms with E-state index in [1.54, 1.807) is 18.3 Å². The van der Waals surface area contributed by atoms with Crippen molar-refractivity contribution in [2.24, 2.45) is 0 Å². The number of nitrogens with one attached hydrogen (secondary N) is 4. The predicted octanol–water partition coefficient (Wildman–Crippen LogP) is 11.9. The smallest absolute Gasteiger partial charge is 0.354 e. The van der Waals surface area contributed by atoms with Crippen LogP contribution in [0.15, 0.2) is 146 Å². The van der Waals surface area contributed by atoms with Crippen molar-refractivity contribution < 1.29 is 27.2 Å². The number of rotatable bonds is 16. The molecule has 2 aliphatic heterocycles. The molecule has 5 aromatic carbocycles. The second-order valence-corrected chi connectivity index (χ2v) is 20.9. The number of carbonyl (C=O) groups is 2. The average Bonchev–Trinajstić information content (AvgIpc) is 4.36. The van der Waals surface area contributed by atoms with Crippen LogP contribution in [0, 0.1) is 5.82 Å². The van der Waals surface area contributed by atoms with Crippen molar-refractivity contribution in [3.8, 4) is 22.5 Å². The van der Waals surface area contributed by atoms with E-state index >= 15 is 0 Å². The number of likely N-dealkylation sites (tertiary alicyclic amines) is 2. The maximum Gasteiger partial charge on any atom is 0.419 e. The SMILES string of the molecule is O=C(Nc1ccc(C2Cc3cnc(NCCCN4CCCC4)nc3-c3ccccc32)cc1)c1cccc(C(F)(F)F)c1F.O=C(Nc1ccc(C2Cc3cnc(NCCCN4CCCC4)nc3-c3ccccc32)cc1)c1cnccn1. The quantitative estimate of drug-likeness (QED) is 0.0535. The second kappa shape index (κ2) is 24.9. The summed E-state index contributed by atoms with van der Waals surface area (Å²) < 4.78 is 53.7. The van der Waals surface area contributed by atoms with E-state index in [0.717, 1.165) is 108 Å². The molecule has 414 valence electrons. The monoisotopic (exact) mass is 1090 g/mol. The van der Waals surface area contributed by atoms with Crippen molar-refractivity contribution in [2.45, 2.75) is 69.4 Å². The van der Waals surface area contributed by atoms with Gasteiger partial charge in [0.05, 0.1) is 28.7 Å². The Morgan fingerprint density at radius 1 is 0.556 bits per heavy atom. The molecule has 0 spiro atoms. The number of amides is 2. The van der Waals surface area contributed by atoms with Gasteiger partial charge in [-0.15, -0.1) is 0 Å². The highest BCUT2D eigenvalue weighted by Crippen LogP contribution is 2.44. The van der Waals surface area contributed by atoms with Crippen molar-refractivity contribution in [1.82, 2.24) is 39.7 Å². The van der Waals surface area contributed by atoms with Crippen LogP contribution in [0.2, 0.25) is 0 Å². The Bertz CT molecular complexity index is 3480. The molecule has 8 aromatic rings. The van der Waals surface area contributed by atoms with Crippen molar-refractivity contribution in [3.63, 3.8) is 0 Å². The highest BCUT2D eigenvalue weighted by molar-refractivity contribution is 6.04. The fourth-order valence-corrected chi connectivity index (χ4v) is 11.4. The fraction of sp³-hybridized carbons (Fsp3) is 0.302. The molecule has 5 heterocycles. The molecule has 81 heavy (non-hydrogen) atoms. The lowest BCUT2D eigenvalue weighted by Crippen LogP contribution is -2.22. The van der Waals surface area contributed by atoms with Gasteiger partial charge in [0.1, 0.15) is 11.5 Å². The zero-order chi connectivity index (χ0) is 55.7. The van der Waals surface area contributed by atoms with Crippen LogP contribution in [-0.4, -0.2) is 104 Å². The van der Waals surface area contributed by atoms with Gasteiger partial charge in [0.2, 0.25) is 11.9 Å². The van der Waals surface area contributed by atoms with Gasteiger partial charge in [-0.05, 0) is 160 Å². The van der Waals surface area contributed by atoms with Gasteiger partial charge in [-0.1, -0.05) is 78.9 Å². The Morgan fingerprint density at radius 2 is 1.05 bits per heavy atom. The molecule has 3 aromatic heterocycles. The number of fused-ring (bicyclic) bond motifs is 6. The molecule has 0 radical (unpaired) electrons. The van der Waals surface area contributed by atoms with Crippen molar-refractivity contribution in [2.75, 3.05) is 73.6 Å². The Hall–Kier alpha value is -8.48. The third-order valence-corrected chi connectivity index (χ3v) is 15.5. The molecule has 4 N–H and O–H groups in total. The van der Waals surface area contributed by atoms with Crippen LogP contribution in [0.25, 0.3) is 22.5 Å². The lowest BCUT2D eigenvalue weighted by molar-refractivity contribution is -0.140. The molecule has 2 aliphatic carbocycles. The van der Waals surface area contributed by atoms with E-state index in [4.69, 9.17) is 9.97 Å². The second-order valence-electron chi connectivity index (χ2n) is 20.9. The zero-order valence-corrected chi connectivity index (χ0v) is 44.7. The van der Waals surface area contributed by atoms with Crippen LogP contribution in [0.3, 0.4) is 0 Å². The maximum absolute atomic E-state index is 14.5. The zero-order valence-electron chi connectivity index (χ0n) is 44.7. The van der Waals surface area contributed by atoms with Crippen LogP contribution < -0.4 is 21.3 Å². The number of nitrogens with zero attached hydrogens (tertiary/aromatic N) is 8. The van der Waals surface area contributed by atoms with Crippen LogP contribution in [0.4, 0.5) is 40.8 Å². The Labute approximate surface area is 467 Å². The van der Waals surface area contributed by atoms with Gasteiger partial charge < -0.3 is 31.1 Å². The Kier molecular flexibility index (Phi) is 16.7. The summed E-state index contributed by atoms with van der Waals surface area (Å²) >= 11 is 0. The first kappa shape index (κ1) is 54.5. The number of carbonyl (C=O) groups excluding carboxylic acids is 2. The molecular weight excluding hydrogens is 1030 g/mol. The van der Waals surface area contributed by atoms with Gasteiger partial charge in [0.15, 0.2) is 0 Å². The van der Waals surface area contributed by atoms with Crippen molar-refractivity contribution in [3.05, 3.63) is 202 Å². The topological polar surface area (TPSA) is 166 Å². The molecular formula is C63H62F4N12O2. The van der Waals surface area contributed by atoms with Gasteiger partial charge in [-0.25, -0.2) is 29.3 Å². The minimum absolute atomic E-state index is 0.0113. The standard InChI is InChI=1S/C33H31F4N5O.C30H31N7O/c34-29-26(9-5-10-28(29)33(35,36)37)31(43)40-23-13-11-21(12-14-23)27-19-22-20-39-32(38-15-6-18-42-16-3-4-17-42)41-30(22)25-8-2-1-7-24(25)27;38-29(27-20-31-13-14-32-27)35-23-10-8-21(9-11-23)26-18-22-19-34-30(33-12-5-17-37-15-3-4-16-37)36-28(22)25-7-2-1-6-24(25)26/h1-2,5,7-14,20,27H,3-4,6,15-19H2,(H,40,43)(H,38,39,41);1-2,6-11,13-14,19-20,26H,3-5,12,15-18H2,(H,35,38)(H,33,34,36). The van der Waals surface area contributed by atoms with Gasteiger partial charge in [0, 0.05) is 72.2 Å². The number of hydrogen-bond acceptors (Lipinski definition) is 12. The minimum Gasteiger partial charge on any atom is -0.354 e. The summed E-state index contributed by atoms with van der Waals surface area (Å²) in [6.45, 7) is 8.72. The summed E-state index contributed by atoms with van der Waals surface area (Å²) in [6, 6.07) is 34.4. The van der Waals surface area contributed by atoms with E-state index in [1.165, 1.54) is 75.4 Å². The third-order valence-electron chi connectivity index (χ3n) is 15.5. The van der Waals surface area contributed by atoms with E-state index < -0.39 is 29.0 Å². The summed E-state index contributed by atoms with van der Waals surface area (Å²) in [5.41, 5.74) is 10.1. The Balaban J connectivity index is 0.000000172. The molecule has 2 atom stereocenters. The predicted molar refractivity (Wildman–Crippen MR) is 306 cm³/mol. The molecule has 4 aliphatic rings. The first-order valence-electron chi connectivity index (χ1n) is 27.8. The van der Waals surface area contributed by atoms with Crippen LogP contribution >= 0.6 is 0 Å². The Morgan fingerprint density at radius 3 is 1.53 bits per heavy atom. The largest absolute Gasteiger partial charge is 0.419 e. The fourth-order valence-electron chi connectivity index (χ4n) is 11.4. The lowest BCUT2D eigenvalue weighted by atomic mass is 9.78. The molecule has 0 saturated carbocycles. The number of anilines is 4. The molecule has 2 unspecified atom stereocenters. The van der Waals surface area contributed by atoms with E-state index in [0.29, 0.717) is 30.1 Å². The number of alkyl halides is 3. The van der Waals surface area contributed by atoms with Crippen LogP contribution in [0.1, 0.15) is 110 Å². The first-order valence-corrected chi connectivity index (χ1v) is 27.8. The first-order chi connectivity index (χ1) is 39.5. The van der Waals surface area contributed by atoms with E-state index in [-0.39, 0.29) is 23.4 Å². The summed E-state index contributed by atoms with van der Waals surface area (Å²) in [5, 5.41) is 12.2. The van der Waals surface area contributed by atoms with E-state index in [2.05, 4.69) is 99.5 Å². The average molecular weight is 1100 g/mol. The number of hydrogen-bond donors (Lipinski definition) is 4. The highest BCUT2D eigenvalue weighted by atomic mass is 19.4. The summed E-state index contributed by atoms with van der Waals surface area (Å²) in [4.78, 5) is 57.1. The highest BCUT2D eigenvalue weighted by Gasteiger charge is 2.36. The molecule has 0 bridgehead atoms. The van der Waals surface area contributed by atoms with Crippen LogP contribution in [0.5, 0.6) is 0 Å². The molecule has 14 nitrogen and oxygen atoms in total. The normalized spacial score (nSPS) is 16.4. The van der Waals surface area contributed by atoms with Crippen molar-refractivity contribution >= 4 is 35.1 Å². The molecule has 2 saturated heterocycles. The van der Waals surface area contributed by atoms with E-state index in [1.807, 2.05) is 48.8 Å². The van der Waals surface area contributed by atoms with Gasteiger partial charge in [0.25, 0.3) is 11.8 Å². The lowest BCUT2D eigenvalue weighted by Gasteiger charge is -2.27. The van der Waals surface area contributed by atoms with E-state index in [9.17, 15) is 27.2 Å². The maximum atomic E-state index is 14.5. The number of aromatic nitrogens is 6. The van der Waals surface area contributed by atoms with Crippen molar-refractivity contribution in [1.29, 1.82) is 0 Å². The number of benzene rings is 5. The third kappa shape index (κ3) is 12.9. The van der Waals surface area contributed by atoms with Gasteiger partial charge in [-0.3, -0.25) is 14.6 Å². The molecule has 18 heteroatoms. The number of halogens is 4. The summed E-state index contributed by atoms with van der Waals surface area (Å²) in [5.74, 6) is -1.31.